The van der Waals surface area contributed by atoms with E-state index in [0.717, 1.165) is 4.57 Å². The maximum Gasteiger partial charge on any atom is 1.00 e. The topological polar surface area (TPSA) is 4.93 Å². The summed E-state index contributed by atoms with van der Waals surface area (Å²) in [6.45, 7) is -4.69. The first-order chi connectivity index (χ1) is 4.58. The Labute approximate surface area is 105 Å². The first-order valence-electron chi connectivity index (χ1n) is 2.90. The molecule has 0 unspecified atom stereocenters. The fourth-order valence-electron chi connectivity index (χ4n) is 0.731. The molecule has 1 aromatic heterocycles. The molecule has 0 aliphatic heterocycles. The molecule has 6 heteroatoms. The second kappa shape index (κ2) is 4.71. The quantitative estimate of drug-likeness (QED) is 0.517. The molecule has 11 heavy (non-hydrogen) atoms. The van der Waals surface area contributed by atoms with Crippen molar-refractivity contribution < 1.29 is 64.3 Å². The minimum absolute atomic E-state index is 0. The van der Waals surface area contributed by atoms with Crippen LogP contribution in [0.25, 0.3) is 0 Å². The predicted octanol–water partition coefficient (Wildman–Crippen LogP) is -1.12. The van der Waals surface area contributed by atoms with Crippen molar-refractivity contribution in [2.24, 2.45) is 0 Å². The van der Waals surface area contributed by atoms with Gasteiger partial charge in [0.2, 0.25) is 0 Å². The van der Waals surface area contributed by atoms with Crippen molar-refractivity contribution in [2.45, 2.75) is 6.44 Å². The van der Waals surface area contributed by atoms with Gasteiger partial charge in [-0.1, -0.05) is 0 Å². The summed E-state index contributed by atoms with van der Waals surface area (Å²) in [4.78, 5) is 0. The normalized spacial score (nSPS) is 10.8. The molecule has 0 spiro atoms. The van der Waals surface area contributed by atoms with E-state index in [1.807, 2.05) is 0 Å². The fourth-order valence-corrected chi connectivity index (χ4v) is 0.731. The van der Waals surface area contributed by atoms with E-state index in [1.54, 1.807) is 12.1 Å². The molecule has 0 fully saturated rings. The summed E-state index contributed by atoms with van der Waals surface area (Å²) in [6, 6.07) is 3.14. The van der Waals surface area contributed by atoms with Crippen molar-refractivity contribution in [1.29, 1.82) is 0 Å². The van der Waals surface area contributed by atoms with Gasteiger partial charge in [-0.05, 0) is 18.6 Å². The van der Waals surface area contributed by atoms with Gasteiger partial charge >= 0.3 is 58.4 Å². The predicted molar refractivity (Wildman–Crippen MR) is 33.5 cm³/mol. The minimum Gasteiger partial charge on any atom is -0.448 e. The molecule has 0 N–H and O–H groups in total. The zero-order valence-corrected chi connectivity index (χ0v) is 9.30. The van der Waals surface area contributed by atoms with Crippen LogP contribution in [0.15, 0.2) is 24.5 Å². The van der Waals surface area contributed by atoms with Crippen molar-refractivity contribution in [3.63, 3.8) is 0 Å². The van der Waals surface area contributed by atoms with E-state index in [0.29, 0.717) is 0 Å². The molecule has 0 radical (unpaired) electrons. The third-order valence-corrected chi connectivity index (χ3v) is 1.08. The Kier molecular flexibility index (Phi) is 5.04. The van der Waals surface area contributed by atoms with Crippen molar-refractivity contribution >= 4 is 6.98 Å². The molecule has 0 atom stereocenters. The molecule has 0 aliphatic rings. The maximum absolute atomic E-state index is 11.7. The number of aromatic nitrogens is 1. The Balaban J connectivity index is 0.000001000. The molecule has 1 rings (SSSR count). The number of nitrogens with zero attached hydrogens (tertiary/aromatic N) is 1. The smallest absolute Gasteiger partial charge is 0.448 e. The second-order valence-electron chi connectivity index (χ2n) is 2.09. The van der Waals surface area contributed by atoms with Crippen LogP contribution in [-0.4, -0.2) is 11.5 Å². The summed E-state index contributed by atoms with van der Waals surface area (Å²) >= 11 is 0. The van der Waals surface area contributed by atoms with Crippen molar-refractivity contribution in [2.75, 3.05) is 0 Å². The van der Waals surface area contributed by atoms with Crippen molar-refractivity contribution in [3.8, 4) is 0 Å². The van der Waals surface area contributed by atoms with Gasteiger partial charge in [-0.25, -0.2) is 0 Å². The van der Waals surface area contributed by atoms with E-state index in [2.05, 4.69) is 0 Å². The van der Waals surface area contributed by atoms with Crippen LogP contribution in [-0.2, 0) is 6.44 Å². The van der Waals surface area contributed by atoms with E-state index < -0.39 is 13.4 Å². The average Bonchev–Trinajstić information content (AvgIpc) is 2.12. The Hall–Kier alpha value is 0.771. The molecule has 0 saturated heterocycles. The summed E-state index contributed by atoms with van der Waals surface area (Å²) in [5, 5.41) is 0. The van der Waals surface area contributed by atoms with Crippen molar-refractivity contribution in [3.05, 3.63) is 24.5 Å². The summed E-state index contributed by atoms with van der Waals surface area (Å²) in [5.74, 6) is 0. The first-order valence-corrected chi connectivity index (χ1v) is 2.90. The SMILES string of the molecule is F[B-](F)(F)Cn1cccc1.[K+]. The van der Waals surface area contributed by atoms with Gasteiger partial charge in [0.05, 0.1) is 0 Å². The van der Waals surface area contributed by atoms with Crippen LogP contribution in [0.5, 0.6) is 0 Å². The zero-order valence-electron chi connectivity index (χ0n) is 6.17. The molecule has 0 bridgehead atoms. The van der Waals surface area contributed by atoms with E-state index in [4.69, 9.17) is 0 Å². The van der Waals surface area contributed by atoms with Crippen LogP contribution in [0, 0.1) is 0 Å². The van der Waals surface area contributed by atoms with Gasteiger partial charge in [0.15, 0.2) is 0 Å². The molecule has 56 valence electrons. The molecule has 0 aliphatic carbocycles. The van der Waals surface area contributed by atoms with Crippen LogP contribution in [0.1, 0.15) is 0 Å². The van der Waals surface area contributed by atoms with E-state index in [-0.39, 0.29) is 51.4 Å². The average molecular weight is 187 g/mol. The summed E-state index contributed by atoms with van der Waals surface area (Å²) in [6.07, 6.45) is 1.96. The van der Waals surface area contributed by atoms with Crippen LogP contribution < -0.4 is 51.4 Å². The third kappa shape index (κ3) is 5.08. The fraction of sp³-hybridized carbons (Fsp3) is 0.200. The Morgan fingerprint density at radius 3 is 1.91 bits per heavy atom. The molecule has 0 amide bonds. The maximum atomic E-state index is 11.7. The van der Waals surface area contributed by atoms with E-state index >= 15 is 0 Å². The number of hydrogen-bond donors (Lipinski definition) is 0. The van der Waals surface area contributed by atoms with Gasteiger partial charge in [-0.2, -0.15) is 0 Å². The van der Waals surface area contributed by atoms with Crippen molar-refractivity contribution in [1.82, 2.24) is 4.57 Å². The number of halogens is 3. The molecule has 1 nitrogen and oxygen atoms in total. The van der Waals surface area contributed by atoms with Gasteiger partial charge in [-0.15, -0.1) is 0 Å². The van der Waals surface area contributed by atoms with Gasteiger partial charge in [-0.3, -0.25) is 0 Å². The van der Waals surface area contributed by atoms with Crippen LogP contribution in [0.2, 0.25) is 0 Å². The summed E-state index contributed by atoms with van der Waals surface area (Å²) in [5.41, 5.74) is 0. The van der Waals surface area contributed by atoms with Crippen LogP contribution in [0.3, 0.4) is 0 Å². The second-order valence-corrected chi connectivity index (χ2v) is 2.09. The molecule has 1 aromatic rings. The Morgan fingerprint density at radius 2 is 1.55 bits per heavy atom. The zero-order chi connectivity index (χ0) is 7.61. The van der Waals surface area contributed by atoms with Gasteiger partial charge < -0.3 is 17.5 Å². The molecule has 1 heterocycles. The molecule has 0 aromatic carbocycles. The monoisotopic (exact) mass is 187 g/mol. The molecular formula is C5H6BF3KN. The Bertz CT molecular complexity index is 196. The molecule has 0 saturated carbocycles. The van der Waals surface area contributed by atoms with E-state index in [9.17, 15) is 12.9 Å². The number of rotatable bonds is 2. The third-order valence-electron chi connectivity index (χ3n) is 1.08. The van der Waals surface area contributed by atoms with E-state index in [1.165, 1.54) is 12.4 Å². The largest absolute Gasteiger partial charge is 1.00 e. The first kappa shape index (κ1) is 11.8. The van der Waals surface area contributed by atoms with Crippen LogP contribution in [0.4, 0.5) is 12.9 Å². The van der Waals surface area contributed by atoms with Gasteiger partial charge in [0.25, 0.3) is 0 Å². The standard InChI is InChI=1S/C5H6BF3N.K/c7-6(8,9)5-10-3-1-2-4-10;/h1-4H,5H2;/q-1;+1. The minimum atomic E-state index is -4.69. The number of hydrogen-bond acceptors (Lipinski definition) is 0. The summed E-state index contributed by atoms with van der Waals surface area (Å²) in [7, 11) is 0. The van der Waals surface area contributed by atoms with Crippen LogP contribution >= 0.6 is 0 Å². The summed E-state index contributed by atoms with van der Waals surface area (Å²) < 4.78 is 36.1. The van der Waals surface area contributed by atoms with Gasteiger partial charge in [0, 0.05) is 12.4 Å². The Morgan fingerprint density at radius 1 is 1.09 bits per heavy atom. The molecular weight excluding hydrogens is 181 g/mol. The van der Waals surface area contributed by atoms with Gasteiger partial charge in [0.1, 0.15) is 0 Å².